The molecule has 0 bridgehead atoms. The van der Waals surface area contributed by atoms with Gasteiger partial charge in [-0.1, -0.05) is 0 Å². The van der Waals surface area contributed by atoms with E-state index in [0.717, 1.165) is 23.4 Å². The van der Waals surface area contributed by atoms with Crippen LogP contribution in [0.15, 0.2) is 12.4 Å². The monoisotopic (exact) mass is 347 g/mol. The number of amides is 1. The molecule has 0 spiro atoms. The molecule has 3 heterocycles. The molecule has 8 nitrogen and oxygen atoms in total. The molecule has 2 aromatic heterocycles. The molecule has 3 rings (SSSR count). The van der Waals surface area contributed by atoms with Crippen LogP contribution in [0.1, 0.15) is 54.2 Å². The van der Waals surface area contributed by atoms with E-state index in [4.69, 9.17) is 4.74 Å². The normalized spacial score (nSPS) is 19.7. The number of carbonyl (C=O) groups excluding carboxylic acids is 1. The first-order valence-electron chi connectivity index (χ1n) is 8.67. The molecule has 0 fully saturated rings. The van der Waals surface area contributed by atoms with Gasteiger partial charge in [-0.05, 0) is 20.8 Å². The Morgan fingerprint density at radius 3 is 3.00 bits per heavy atom. The average Bonchev–Trinajstić information content (AvgIpc) is 3.20. The predicted octanol–water partition coefficient (Wildman–Crippen LogP) is 1.28. The fourth-order valence-corrected chi connectivity index (χ4v) is 3.25. The Kier molecular flexibility index (Phi) is 5.19. The van der Waals surface area contributed by atoms with E-state index >= 15 is 0 Å². The lowest BCUT2D eigenvalue weighted by Crippen LogP contribution is -2.34. The highest BCUT2D eigenvalue weighted by Crippen LogP contribution is 2.30. The van der Waals surface area contributed by atoms with Crippen LogP contribution in [0.2, 0.25) is 0 Å². The van der Waals surface area contributed by atoms with Crippen LogP contribution in [0.25, 0.3) is 0 Å². The molecule has 0 aromatic carbocycles. The second-order valence-electron chi connectivity index (χ2n) is 6.41. The summed E-state index contributed by atoms with van der Waals surface area (Å²) in [7, 11) is 0. The minimum atomic E-state index is -0.183. The highest BCUT2D eigenvalue weighted by Gasteiger charge is 2.31. The number of nitrogens with zero attached hydrogens (tertiary/aromatic N) is 4. The number of aromatic nitrogens is 4. The standard InChI is InChI=1S/C17H25N5O3/c1-4-22-10-13(8-18-22)9-21(5-6-23)17(24)16-14-7-11(2)25-12(3)15(14)19-20-16/h8,10-12,23H,4-7,9H2,1-3H3,(H,19,20)/t11-,12+/m0/s1. The first-order valence-corrected chi connectivity index (χ1v) is 8.67. The molecule has 8 heteroatoms. The summed E-state index contributed by atoms with van der Waals surface area (Å²) in [5.74, 6) is -0.183. The minimum Gasteiger partial charge on any atom is -0.395 e. The van der Waals surface area contributed by atoms with Crippen molar-refractivity contribution in [1.29, 1.82) is 0 Å². The SMILES string of the molecule is CCn1cc(CN(CCO)C(=O)c2n[nH]c3c2C[C@H](C)O[C@@H]3C)cn1. The van der Waals surface area contributed by atoms with Crippen LogP contribution >= 0.6 is 0 Å². The zero-order chi connectivity index (χ0) is 18.0. The van der Waals surface area contributed by atoms with E-state index in [-0.39, 0.29) is 31.3 Å². The number of aryl methyl sites for hydroxylation is 1. The largest absolute Gasteiger partial charge is 0.395 e. The molecule has 136 valence electrons. The zero-order valence-electron chi connectivity index (χ0n) is 14.9. The topological polar surface area (TPSA) is 96.3 Å². The molecule has 0 radical (unpaired) electrons. The summed E-state index contributed by atoms with van der Waals surface area (Å²) in [4.78, 5) is 14.6. The molecule has 2 atom stereocenters. The number of hydrogen-bond donors (Lipinski definition) is 2. The lowest BCUT2D eigenvalue weighted by molar-refractivity contribution is -0.00703. The van der Waals surface area contributed by atoms with Crippen LogP contribution in [0, 0.1) is 0 Å². The van der Waals surface area contributed by atoms with Crippen LogP contribution in [-0.2, 0) is 24.2 Å². The third-order valence-electron chi connectivity index (χ3n) is 4.48. The number of aliphatic hydroxyl groups excluding tert-OH is 1. The van der Waals surface area contributed by atoms with Crippen molar-refractivity contribution in [2.24, 2.45) is 0 Å². The molecule has 1 aliphatic rings. The van der Waals surface area contributed by atoms with Crippen molar-refractivity contribution in [3.05, 3.63) is 34.9 Å². The molecule has 2 N–H and O–H groups in total. The highest BCUT2D eigenvalue weighted by molar-refractivity contribution is 5.94. The molecule has 0 saturated heterocycles. The van der Waals surface area contributed by atoms with Gasteiger partial charge in [-0.2, -0.15) is 10.2 Å². The lowest BCUT2D eigenvalue weighted by atomic mass is 9.99. The molecule has 0 unspecified atom stereocenters. The van der Waals surface area contributed by atoms with Gasteiger partial charge < -0.3 is 14.7 Å². The van der Waals surface area contributed by atoms with E-state index in [9.17, 15) is 9.90 Å². The number of H-pyrrole nitrogens is 1. The number of aliphatic hydroxyl groups is 1. The molecule has 25 heavy (non-hydrogen) atoms. The number of ether oxygens (including phenoxy) is 1. The lowest BCUT2D eigenvalue weighted by Gasteiger charge is -2.26. The van der Waals surface area contributed by atoms with Crippen molar-refractivity contribution in [3.8, 4) is 0 Å². The van der Waals surface area contributed by atoms with Crippen molar-refractivity contribution in [3.63, 3.8) is 0 Å². The van der Waals surface area contributed by atoms with Gasteiger partial charge in [-0.3, -0.25) is 14.6 Å². The molecule has 2 aromatic rings. The summed E-state index contributed by atoms with van der Waals surface area (Å²) in [6.45, 7) is 7.26. The van der Waals surface area contributed by atoms with Crippen LogP contribution in [-0.4, -0.2) is 55.1 Å². The number of rotatable bonds is 6. The van der Waals surface area contributed by atoms with Crippen molar-refractivity contribution in [2.75, 3.05) is 13.2 Å². The van der Waals surface area contributed by atoms with E-state index in [2.05, 4.69) is 15.3 Å². The van der Waals surface area contributed by atoms with Gasteiger partial charge in [0.1, 0.15) is 0 Å². The Hall–Kier alpha value is -2.19. The van der Waals surface area contributed by atoms with Gasteiger partial charge in [0.05, 0.1) is 30.7 Å². The number of nitrogens with one attached hydrogen (secondary N) is 1. The quantitative estimate of drug-likeness (QED) is 0.821. The first kappa shape index (κ1) is 17.6. The molecule has 1 aliphatic heterocycles. The van der Waals surface area contributed by atoms with Gasteiger partial charge in [0.25, 0.3) is 5.91 Å². The van der Waals surface area contributed by atoms with Crippen molar-refractivity contribution >= 4 is 5.91 Å². The summed E-state index contributed by atoms with van der Waals surface area (Å²) in [6.07, 6.45) is 4.25. The third kappa shape index (κ3) is 3.59. The van der Waals surface area contributed by atoms with Crippen molar-refractivity contribution in [2.45, 2.75) is 52.5 Å². The Labute approximate surface area is 146 Å². The summed E-state index contributed by atoms with van der Waals surface area (Å²) in [6, 6.07) is 0. The maximum Gasteiger partial charge on any atom is 0.275 e. The van der Waals surface area contributed by atoms with Gasteiger partial charge in [-0.25, -0.2) is 0 Å². The molecule has 0 saturated carbocycles. The van der Waals surface area contributed by atoms with Gasteiger partial charge in [0.2, 0.25) is 0 Å². The fraction of sp³-hybridized carbons (Fsp3) is 0.588. The minimum absolute atomic E-state index is 0.0423. The van der Waals surface area contributed by atoms with Crippen LogP contribution in [0.5, 0.6) is 0 Å². The van der Waals surface area contributed by atoms with Crippen molar-refractivity contribution in [1.82, 2.24) is 24.9 Å². The second kappa shape index (κ2) is 7.37. The Balaban J connectivity index is 1.83. The molecular formula is C17H25N5O3. The predicted molar refractivity (Wildman–Crippen MR) is 91.0 cm³/mol. The third-order valence-corrected chi connectivity index (χ3v) is 4.48. The van der Waals surface area contributed by atoms with Gasteiger partial charge >= 0.3 is 0 Å². The Morgan fingerprint density at radius 1 is 1.52 bits per heavy atom. The molecule has 1 amide bonds. The smallest absolute Gasteiger partial charge is 0.275 e. The van der Waals surface area contributed by atoms with Crippen molar-refractivity contribution < 1.29 is 14.6 Å². The average molecular weight is 347 g/mol. The summed E-state index contributed by atoms with van der Waals surface area (Å²) in [5, 5.41) is 20.8. The maximum absolute atomic E-state index is 13.0. The summed E-state index contributed by atoms with van der Waals surface area (Å²) in [5.41, 5.74) is 3.14. The van der Waals surface area contributed by atoms with Crippen LogP contribution in [0.4, 0.5) is 0 Å². The Morgan fingerprint density at radius 2 is 2.32 bits per heavy atom. The molecule has 0 aliphatic carbocycles. The van der Waals surface area contributed by atoms with Crippen LogP contribution < -0.4 is 0 Å². The second-order valence-corrected chi connectivity index (χ2v) is 6.41. The Bertz CT molecular complexity index is 738. The van der Waals surface area contributed by atoms with E-state index in [1.165, 1.54) is 0 Å². The first-order chi connectivity index (χ1) is 12.0. The molecular weight excluding hydrogens is 322 g/mol. The zero-order valence-corrected chi connectivity index (χ0v) is 14.9. The van der Waals surface area contributed by atoms with E-state index in [1.54, 1.807) is 11.1 Å². The maximum atomic E-state index is 13.0. The highest BCUT2D eigenvalue weighted by atomic mass is 16.5. The number of fused-ring (bicyclic) bond motifs is 1. The van der Waals surface area contributed by atoms with Gasteiger partial charge in [0, 0.05) is 43.4 Å². The van der Waals surface area contributed by atoms with E-state index in [0.29, 0.717) is 18.7 Å². The van der Waals surface area contributed by atoms with Crippen LogP contribution in [0.3, 0.4) is 0 Å². The number of aromatic amines is 1. The number of hydrogen-bond acceptors (Lipinski definition) is 5. The fourth-order valence-electron chi connectivity index (χ4n) is 3.25. The van der Waals surface area contributed by atoms with Gasteiger partial charge in [0.15, 0.2) is 5.69 Å². The van der Waals surface area contributed by atoms with E-state index in [1.807, 2.05) is 31.6 Å². The van der Waals surface area contributed by atoms with Gasteiger partial charge in [-0.15, -0.1) is 0 Å². The number of carbonyl (C=O) groups is 1. The summed E-state index contributed by atoms with van der Waals surface area (Å²) < 4.78 is 7.59. The van der Waals surface area contributed by atoms with E-state index < -0.39 is 0 Å². The summed E-state index contributed by atoms with van der Waals surface area (Å²) >= 11 is 0.